The van der Waals surface area contributed by atoms with E-state index >= 15 is 0 Å². The van der Waals surface area contributed by atoms with Gasteiger partial charge in [-0.15, -0.1) is 0 Å². The SMILES string of the molecule is Cc1ccc2c(oc3ncccc32)c1-c1cccn[n+]1C. The second-order valence-corrected chi connectivity index (χ2v) is 5.12. The number of benzene rings is 1. The van der Waals surface area contributed by atoms with Gasteiger partial charge in [0.05, 0.1) is 11.8 Å². The first kappa shape index (κ1) is 12.0. The van der Waals surface area contributed by atoms with Crippen LogP contribution in [0.2, 0.25) is 0 Å². The Morgan fingerprint density at radius 2 is 1.86 bits per heavy atom. The Morgan fingerprint density at radius 3 is 2.71 bits per heavy atom. The number of nitrogens with zero attached hydrogens (tertiary/aromatic N) is 3. The maximum absolute atomic E-state index is 6.02. The normalized spacial score (nSPS) is 11.3. The van der Waals surface area contributed by atoms with Crippen molar-refractivity contribution in [2.75, 3.05) is 0 Å². The largest absolute Gasteiger partial charge is 0.437 e. The minimum absolute atomic E-state index is 0.672. The molecule has 0 fully saturated rings. The molecular formula is C17H14N3O+. The fourth-order valence-electron chi connectivity index (χ4n) is 2.78. The third-order valence-corrected chi connectivity index (χ3v) is 3.81. The Bertz CT molecular complexity index is 972. The summed E-state index contributed by atoms with van der Waals surface area (Å²) >= 11 is 0. The highest BCUT2D eigenvalue weighted by molar-refractivity contribution is 6.08. The lowest BCUT2D eigenvalue weighted by Gasteiger charge is -2.03. The zero-order valence-electron chi connectivity index (χ0n) is 11.9. The Morgan fingerprint density at radius 1 is 1.00 bits per heavy atom. The third-order valence-electron chi connectivity index (χ3n) is 3.81. The molecule has 4 rings (SSSR count). The van der Waals surface area contributed by atoms with Gasteiger partial charge >= 0.3 is 0 Å². The van der Waals surface area contributed by atoms with E-state index in [4.69, 9.17) is 4.42 Å². The summed E-state index contributed by atoms with van der Waals surface area (Å²) < 4.78 is 7.89. The highest BCUT2D eigenvalue weighted by atomic mass is 16.3. The van der Waals surface area contributed by atoms with Crippen molar-refractivity contribution in [1.82, 2.24) is 10.1 Å². The highest BCUT2D eigenvalue weighted by Crippen LogP contribution is 2.35. The Balaban J connectivity index is 2.18. The lowest BCUT2D eigenvalue weighted by atomic mass is 10.0. The molecule has 0 aliphatic rings. The fraction of sp³-hybridized carbons (Fsp3) is 0.118. The second kappa shape index (κ2) is 4.38. The molecule has 0 aliphatic heterocycles. The van der Waals surface area contributed by atoms with Gasteiger partial charge in [0.15, 0.2) is 12.6 Å². The van der Waals surface area contributed by atoms with Crippen LogP contribution in [-0.4, -0.2) is 10.1 Å². The van der Waals surface area contributed by atoms with E-state index in [0.29, 0.717) is 5.71 Å². The van der Waals surface area contributed by atoms with E-state index in [1.54, 1.807) is 12.4 Å². The number of hydrogen-bond donors (Lipinski definition) is 0. The Hall–Kier alpha value is -2.75. The standard InChI is InChI=1S/C17H14N3O/c1-11-7-8-12-13-5-3-9-18-17(13)21-16(12)15(11)14-6-4-10-19-20(14)2/h3-10H,1-2H3/q+1. The molecule has 0 aliphatic carbocycles. The number of aryl methyl sites for hydroxylation is 2. The molecule has 0 bridgehead atoms. The maximum atomic E-state index is 6.02. The predicted molar refractivity (Wildman–Crippen MR) is 80.7 cm³/mol. The van der Waals surface area contributed by atoms with Gasteiger partial charge in [-0.2, -0.15) is 0 Å². The zero-order valence-corrected chi connectivity index (χ0v) is 11.9. The predicted octanol–water partition coefficient (Wildman–Crippen LogP) is 3.18. The van der Waals surface area contributed by atoms with Crippen molar-refractivity contribution < 1.29 is 9.10 Å². The summed E-state index contributed by atoms with van der Waals surface area (Å²) in [6, 6.07) is 12.2. The molecular weight excluding hydrogens is 262 g/mol. The van der Waals surface area contributed by atoms with Gasteiger partial charge < -0.3 is 4.42 Å². The van der Waals surface area contributed by atoms with Gasteiger partial charge in [0, 0.05) is 23.0 Å². The number of hydrogen-bond acceptors (Lipinski definition) is 3. The molecule has 3 heterocycles. The number of aromatic nitrogens is 3. The van der Waals surface area contributed by atoms with Crippen LogP contribution in [0.1, 0.15) is 5.56 Å². The van der Waals surface area contributed by atoms with E-state index in [0.717, 1.165) is 33.2 Å². The van der Waals surface area contributed by atoms with Crippen LogP contribution in [-0.2, 0) is 7.05 Å². The monoisotopic (exact) mass is 276 g/mol. The molecule has 0 atom stereocenters. The van der Waals surface area contributed by atoms with Crippen LogP contribution in [0.25, 0.3) is 33.3 Å². The molecule has 102 valence electrons. The van der Waals surface area contributed by atoms with Crippen molar-refractivity contribution in [3.63, 3.8) is 0 Å². The number of furan rings is 1. The van der Waals surface area contributed by atoms with Gasteiger partial charge in [0.25, 0.3) is 0 Å². The minimum atomic E-state index is 0.672. The second-order valence-electron chi connectivity index (χ2n) is 5.12. The van der Waals surface area contributed by atoms with Crippen LogP contribution in [0, 0.1) is 6.92 Å². The average Bonchev–Trinajstić information content (AvgIpc) is 2.87. The molecule has 3 aromatic heterocycles. The summed E-state index contributed by atoms with van der Waals surface area (Å²) in [6.45, 7) is 2.09. The summed E-state index contributed by atoms with van der Waals surface area (Å²) in [5.74, 6) is 0. The van der Waals surface area contributed by atoms with Gasteiger partial charge in [-0.3, -0.25) is 0 Å². The highest BCUT2D eigenvalue weighted by Gasteiger charge is 2.20. The van der Waals surface area contributed by atoms with Crippen molar-refractivity contribution in [2.24, 2.45) is 7.05 Å². The molecule has 0 saturated carbocycles. The lowest BCUT2D eigenvalue weighted by Crippen LogP contribution is -2.35. The van der Waals surface area contributed by atoms with Gasteiger partial charge in [0.2, 0.25) is 11.4 Å². The van der Waals surface area contributed by atoms with Gasteiger partial charge in [-0.05, 0) is 35.8 Å². The third kappa shape index (κ3) is 1.72. The zero-order chi connectivity index (χ0) is 14.4. The Labute approximate surface area is 121 Å². The summed E-state index contributed by atoms with van der Waals surface area (Å²) in [5.41, 5.74) is 4.80. The minimum Gasteiger partial charge on any atom is -0.437 e. The van der Waals surface area contributed by atoms with Crippen LogP contribution >= 0.6 is 0 Å². The molecule has 0 spiro atoms. The van der Waals surface area contributed by atoms with E-state index < -0.39 is 0 Å². The summed E-state index contributed by atoms with van der Waals surface area (Å²) in [6.07, 6.45) is 3.53. The van der Waals surface area contributed by atoms with Crippen molar-refractivity contribution in [3.8, 4) is 11.3 Å². The Kier molecular flexibility index (Phi) is 2.51. The van der Waals surface area contributed by atoms with Crippen molar-refractivity contribution >= 4 is 22.1 Å². The molecule has 1 aromatic carbocycles. The fourth-order valence-corrected chi connectivity index (χ4v) is 2.78. The molecule has 0 radical (unpaired) electrons. The van der Waals surface area contributed by atoms with Gasteiger partial charge in [-0.1, -0.05) is 16.8 Å². The van der Waals surface area contributed by atoms with Crippen molar-refractivity contribution in [1.29, 1.82) is 0 Å². The molecule has 4 heteroatoms. The van der Waals surface area contributed by atoms with Crippen molar-refractivity contribution in [2.45, 2.75) is 6.92 Å². The lowest BCUT2D eigenvalue weighted by molar-refractivity contribution is -0.720. The van der Waals surface area contributed by atoms with E-state index in [2.05, 4.69) is 35.2 Å². The van der Waals surface area contributed by atoms with E-state index in [1.165, 1.54) is 0 Å². The number of rotatable bonds is 1. The first-order chi connectivity index (χ1) is 10.3. The first-order valence-electron chi connectivity index (χ1n) is 6.84. The van der Waals surface area contributed by atoms with Gasteiger partial charge in [-0.25, -0.2) is 4.98 Å². The number of pyridine rings is 1. The van der Waals surface area contributed by atoms with Crippen molar-refractivity contribution in [3.05, 3.63) is 54.4 Å². The summed E-state index contributed by atoms with van der Waals surface area (Å²) in [7, 11) is 1.94. The number of fused-ring (bicyclic) bond motifs is 3. The molecule has 0 saturated heterocycles. The van der Waals surface area contributed by atoms with E-state index in [1.807, 2.05) is 29.9 Å². The first-order valence-corrected chi connectivity index (χ1v) is 6.84. The molecule has 0 amide bonds. The maximum Gasteiger partial charge on any atom is 0.242 e. The summed E-state index contributed by atoms with van der Waals surface area (Å²) in [4.78, 5) is 4.32. The van der Waals surface area contributed by atoms with Crippen LogP contribution in [0.4, 0.5) is 0 Å². The molecule has 0 unspecified atom stereocenters. The van der Waals surface area contributed by atoms with Crippen LogP contribution < -0.4 is 4.68 Å². The molecule has 4 aromatic rings. The molecule has 21 heavy (non-hydrogen) atoms. The average molecular weight is 276 g/mol. The smallest absolute Gasteiger partial charge is 0.242 e. The van der Waals surface area contributed by atoms with E-state index in [9.17, 15) is 0 Å². The van der Waals surface area contributed by atoms with Gasteiger partial charge in [0.1, 0.15) is 0 Å². The molecule has 0 N–H and O–H groups in total. The topological polar surface area (TPSA) is 42.8 Å². The molecule has 4 nitrogen and oxygen atoms in total. The van der Waals surface area contributed by atoms with Crippen LogP contribution in [0.3, 0.4) is 0 Å². The summed E-state index contributed by atoms with van der Waals surface area (Å²) in [5, 5.41) is 6.44. The van der Waals surface area contributed by atoms with Crippen LogP contribution in [0.15, 0.2) is 53.2 Å². The quantitative estimate of drug-likeness (QED) is 0.501. The van der Waals surface area contributed by atoms with E-state index in [-0.39, 0.29) is 0 Å². The van der Waals surface area contributed by atoms with Crippen LogP contribution in [0.5, 0.6) is 0 Å².